The largest absolute Gasteiger partial charge is 4.00 e. The molecule has 3 rings (SSSR count). The Morgan fingerprint density at radius 2 is 1.16 bits per heavy atom. The van der Waals surface area contributed by atoms with Gasteiger partial charge in [-0.1, -0.05) is 102 Å². The molecule has 1 aliphatic carbocycles. The van der Waals surface area contributed by atoms with Crippen molar-refractivity contribution in [2.24, 2.45) is 0 Å². The summed E-state index contributed by atoms with van der Waals surface area (Å²) in [5.74, 6) is 0. The summed E-state index contributed by atoms with van der Waals surface area (Å²) in [7, 11) is -1.46. The molecule has 0 aromatic heterocycles. The molecule has 0 spiro atoms. The van der Waals surface area contributed by atoms with E-state index < -0.39 is 8.80 Å². The van der Waals surface area contributed by atoms with Crippen LogP contribution in [0.25, 0.3) is 0 Å². The van der Waals surface area contributed by atoms with Gasteiger partial charge in [0.25, 0.3) is 0 Å². The first kappa shape index (κ1) is 32.9. The zero-order valence-corrected chi connectivity index (χ0v) is 24.5. The van der Waals surface area contributed by atoms with Crippen LogP contribution < -0.4 is 47.6 Å². The Morgan fingerprint density at radius 3 is 1.55 bits per heavy atom. The van der Waals surface area contributed by atoms with Gasteiger partial charge < -0.3 is 37.2 Å². The maximum Gasteiger partial charge on any atom is 4.00 e. The summed E-state index contributed by atoms with van der Waals surface area (Å²) in [5.41, 5.74) is 8.54. The van der Waals surface area contributed by atoms with Crippen molar-refractivity contribution in [1.29, 1.82) is 0 Å². The number of hydrogen-bond donors (Lipinski definition) is 0. The van der Waals surface area contributed by atoms with Gasteiger partial charge >= 0.3 is 21.7 Å². The molecule has 31 heavy (non-hydrogen) atoms. The molecule has 2 aromatic rings. The smallest absolute Gasteiger partial charge is 1.00 e. The normalized spacial score (nSPS) is 12.4. The molecule has 2 aromatic carbocycles. The van der Waals surface area contributed by atoms with Crippen LogP contribution in [-0.4, -0.2) is 8.80 Å². The molecule has 0 saturated carbocycles. The predicted molar refractivity (Wildman–Crippen MR) is 122 cm³/mol. The molecule has 0 nitrogen and oxygen atoms in total. The van der Waals surface area contributed by atoms with Gasteiger partial charge in [0.15, 0.2) is 0 Å². The molecular weight excluding hydrogens is 495 g/mol. The summed E-state index contributed by atoms with van der Waals surface area (Å²) in [6.07, 6.45) is 8.74. The summed E-state index contributed by atoms with van der Waals surface area (Å²) in [6.45, 7) is 13.5. The number of benzene rings is 2. The minimum atomic E-state index is -1.46. The second-order valence-electron chi connectivity index (χ2n) is 8.46. The van der Waals surface area contributed by atoms with Gasteiger partial charge in [0.05, 0.1) is 0 Å². The van der Waals surface area contributed by atoms with Crippen molar-refractivity contribution in [2.75, 3.05) is 0 Å². The van der Waals surface area contributed by atoms with Gasteiger partial charge in [-0.3, -0.25) is 6.08 Å². The number of rotatable bonds is 6. The van der Waals surface area contributed by atoms with Gasteiger partial charge in [-0.2, -0.15) is 5.20 Å². The molecule has 0 saturated heterocycles. The van der Waals surface area contributed by atoms with Crippen molar-refractivity contribution >= 4 is 19.2 Å². The first-order valence-electron chi connectivity index (χ1n) is 10.3. The van der Waals surface area contributed by atoms with Crippen LogP contribution in [0.15, 0.2) is 52.7 Å². The van der Waals surface area contributed by atoms with E-state index >= 15 is 0 Å². The van der Waals surface area contributed by atoms with Gasteiger partial charge in [0, 0.05) is 0 Å². The zero-order valence-electron chi connectivity index (χ0n) is 19.5. The number of halogens is 3. The van der Waals surface area contributed by atoms with E-state index in [1.165, 1.54) is 47.1 Å². The van der Waals surface area contributed by atoms with Crippen LogP contribution in [0.3, 0.4) is 0 Å². The Hall–Kier alpha value is -0.279. The summed E-state index contributed by atoms with van der Waals surface area (Å²) < 4.78 is 0. The average Bonchev–Trinajstić information content (AvgIpc) is 2.91. The minimum absolute atomic E-state index is 0. The third kappa shape index (κ3) is 8.54. The number of aryl methyl sites for hydroxylation is 4. The molecule has 1 aliphatic rings. The molecule has 0 bridgehead atoms. The van der Waals surface area contributed by atoms with Crippen LogP contribution >= 0.6 is 0 Å². The van der Waals surface area contributed by atoms with E-state index in [0.29, 0.717) is 0 Å². The third-order valence-electron chi connectivity index (χ3n) is 5.57. The molecule has 0 aliphatic heterocycles. The summed E-state index contributed by atoms with van der Waals surface area (Å²) >= 11 is 0. The summed E-state index contributed by atoms with van der Waals surface area (Å²) in [6, 6.07) is 14.3. The van der Waals surface area contributed by atoms with Gasteiger partial charge in [-0.05, 0) is 27.7 Å². The second-order valence-corrected chi connectivity index (χ2v) is 11.4. The van der Waals surface area contributed by atoms with Crippen LogP contribution in [0.2, 0.25) is 0 Å². The molecule has 0 heterocycles. The fraction of sp³-hybridized carbons (Fsp3) is 0.385. The van der Waals surface area contributed by atoms with E-state index in [0.717, 1.165) is 6.42 Å². The van der Waals surface area contributed by atoms with Crippen molar-refractivity contribution in [3.05, 3.63) is 81.1 Å². The SMILES string of the molecule is CCCCC1=C(C)CC([SiH](c2cc(C)cc(C)c2)c2cc(C)cc(C)c2)=[C-]1.[Cl-].[Cl-].[Cl-].[Ti+4]. The number of unbranched alkanes of at least 4 members (excludes halogenated alkanes) is 1. The first-order chi connectivity index (χ1) is 12.9. The maximum atomic E-state index is 3.91. The average molecular weight is 528 g/mol. The Morgan fingerprint density at radius 1 is 0.742 bits per heavy atom. The van der Waals surface area contributed by atoms with E-state index in [4.69, 9.17) is 0 Å². The molecular formula is C26H33Cl3SiTi. The van der Waals surface area contributed by atoms with Crippen molar-refractivity contribution in [1.82, 2.24) is 0 Å². The van der Waals surface area contributed by atoms with Crippen LogP contribution in [0.5, 0.6) is 0 Å². The summed E-state index contributed by atoms with van der Waals surface area (Å²) in [5, 5.41) is 4.67. The Balaban J connectivity index is 0. The summed E-state index contributed by atoms with van der Waals surface area (Å²) in [4.78, 5) is 0. The van der Waals surface area contributed by atoms with Crippen molar-refractivity contribution < 1.29 is 58.9 Å². The van der Waals surface area contributed by atoms with Gasteiger partial charge in [0.1, 0.15) is 8.80 Å². The van der Waals surface area contributed by atoms with Crippen LogP contribution in [0, 0.1) is 33.8 Å². The Labute approximate surface area is 225 Å². The van der Waals surface area contributed by atoms with Crippen LogP contribution in [0.4, 0.5) is 0 Å². The van der Waals surface area contributed by atoms with E-state index in [9.17, 15) is 0 Å². The van der Waals surface area contributed by atoms with Crippen molar-refractivity contribution in [3.63, 3.8) is 0 Å². The molecule has 0 unspecified atom stereocenters. The molecule has 0 fully saturated rings. The second kappa shape index (κ2) is 14.8. The van der Waals surface area contributed by atoms with Gasteiger partial charge in [-0.15, -0.1) is 6.92 Å². The number of allylic oxidation sites excluding steroid dienone is 4. The van der Waals surface area contributed by atoms with Gasteiger partial charge in [0.2, 0.25) is 0 Å². The third-order valence-corrected chi connectivity index (χ3v) is 8.61. The minimum Gasteiger partial charge on any atom is -1.00 e. The molecule has 0 amide bonds. The monoisotopic (exact) mass is 526 g/mol. The topological polar surface area (TPSA) is 0 Å². The first-order valence-corrected chi connectivity index (χ1v) is 12.1. The molecule has 0 radical (unpaired) electrons. The quantitative estimate of drug-likeness (QED) is 0.270. The zero-order chi connectivity index (χ0) is 19.6. The van der Waals surface area contributed by atoms with Crippen LogP contribution in [-0.2, 0) is 21.7 Å². The van der Waals surface area contributed by atoms with E-state index in [1.807, 2.05) is 0 Å². The molecule has 166 valence electrons. The standard InChI is InChI=1S/C26H33Si.3ClH.Ti/c1-7-8-9-23-17-26(16-22(23)6)27(24-12-18(2)10-19(3)13-24)25-14-20(4)11-21(5)15-25;;;;/h10-15,27H,7-9,16H2,1-6H3;3*1H;/q-1;;;;+4/p-3. The fourth-order valence-corrected chi connectivity index (χ4v) is 8.23. The van der Waals surface area contributed by atoms with Crippen molar-refractivity contribution in [2.45, 2.75) is 67.2 Å². The Bertz CT molecular complexity index is 827. The molecule has 5 heteroatoms. The molecule has 0 N–H and O–H groups in total. The molecule has 0 atom stereocenters. The van der Waals surface area contributed by atoms with E-state index in [2.05, 4.69) is 84.0 Å². The van der Waals surface area contributed by atoms with Crippen LogP contribution in [0.1, 0.15) is 61.8 Å². The Kier molecular flexibility index (Phi) is 15.7. The number of hydrogen-bond acceptors (Lipinski definition) is 0. The van der Waals surface area contributed by atoms with E-state index in [-0.39, 0.29) is 58.9 Å². The fourth-order valence-electron chi connectivity index (χ4n) is 4.49. The van der Waals surface area contributed by atoms with Gasteiger partial charge in [-0.25, -0.2) is 11.1 Å². The maximum absolute atomic E-state index is 3.91. The van der Waals surface area contributed by atoms with E-state index in [1.54, 1.807) is 21.1 Å². The predicted octanol–water partition coefficient (Wildman–Crippen LogP) is -3.55. The van der Waals surface area contributed by atoms with Crippen molar-refractivity contribution in [3.8, 4) is 0 Å².